The van der Waals surface area contributed by atoms with E-state index in [2.05, 4.69) is 142 Å². The van der Waals surface area contributed by atoms with E-state index in [1.807, 2.05) is 79.0 Å². The number of benzene rings is 11. The molecular weight excluding hydrogens is 1910 g/mol. The molecule has 0 saturated carbocycles. The maximum Gasteiger partial charge on any atom is 0.330 e. The molecule has 24 nitrogen and oxygen atoms in total. The Labute approximate surface area is 822 Å². The van der Waals surface area contributed by atoms with Gasteiger partial charge < -0.3 is 47.6 Å². The van der Waals surface area contributed by atoms with Crippen molar-refractivity contribution < 1.29 is 100 Å². The third kappa shape index (κ3) is 20.1. The lowest BCUT2D eigenvalue weighted by atomic mass is 9.84. The number of aliphatic imine (C=N–C) groups is 1. The molecule has 2 unspecified atom stereocenters. The Morgan fingerprint density at radius 2 is 0.821 bits per heavy atom. The Hall–Kier alpha value is -15.5. The zero-order valence-corrected chi connectivity index (χ0v) is 79.9. The molecule has 7 heterocycles. The Bertz CT molecular complexity index is 7350. The summed E-state index contributed by atoms with van der Waals surface area (Å²) >= 11 is 6.64. The number of rotatable bonds is 17. The summed E-state index contributed by atoms with van der Waals surface area (Å²) in [5.74, 6) is 1.48. The number of hydrogen-bond donors (Lipinski definition) is 1. The van der Waals surface area contributed by atoms with Crippen LogP contribution in [0.1, 0.15) is 197 Å². The number of esters is 4. The number of ketones is 8. The molecule has 0 radical (unpaired) electrons. The van der Waals surface area contributed by atoms with Gasteiger partial charge >= 0.3 is 23.9 Å². The first-order chi connectivity index (χ1) is 67.8. The molecule has 140 heavy (non-hydrogen) atoms. The first kappa shape index (κ1) is 96.2. The number of ether oxygens (including phenoxy) is 9. The van der Waals surface area contributed by atoms with Crippen LogP contribution in [0.15, 0.2) is 233 Å². The number of Topliss-reactive ketones (excluding diaryl/α,β-unsaturated/α-hetero) is 8. The molecule has 704 valence electrons. The largest absolute Gasteiger partial charge is 0.488 e. The maximum atomic E-state index is 12.7. The summed E-state index contributed by atoms with van der Waals surface area (Å²) in [6.07, 6.45) is 14.2. The van der Waals surface area contributed by atoms with Crippen molar-refractivity contribution in [1.29, 1.82) is 0 Å². The number of H-pyrrole nitrogens is 1. The summed E-state index contributed by atoms with van der Waals surface area (Å²) in [6.45, 7) is 23.9. The first-order valence-corrected chi connectivity index (χ1v) is 47.6. The van der Waals surface area contributed by atoms with Crippen LogP contribution < -0.4 is 23.7 Å². The number of nitrogens with one attached hydrogen (secondary N) is 1. The van der Waals surface area contributed by atoms with Gasteiger partial charge in [-0.2, -0.15) is 0 Å². The Morgan fingerprint density at radius 1 is 0.429 bits per heavy atom. The lowest BCUT2D eigenvalue weighted by Crippen LogP contribution is -2.31. The Kier molecular flexibility index (Phi) is 28.7. The fourth-order valence-corrected chi connectivity index (χ4v) is 19.6. The molecule has 1 N–H and O–H groups in total. The first-order valence-electron chi connectivity index (χ1n) is 45.6. The minimum Gasteiger partial charge on any atom is -0.488 e. The minimum absolute atomic E-state index is 0.0645. The molecule has 6 aliphatic heterocycles. The van der Waals surface area contributed by atoms with Crippen LogP contribution in [-0.2, 0) is 103 Å². The predicted molar refractivity (Wildman–Crippen MR) is 537 cm³/mol. The Balaban J connectivity index is 0.000000120. The van der Waals surface area contributed by atoms with Crippen LogP contribution in [0.3, 0.4) is 0 Å². The smallest absolute Gasteiger partial charge is 0.330 e. The van der Waals surface area contributed by atoms with Crippen molar-refractivity contribution in [2.24, 2.45) is 4.99 Å². The molecule has 26 heteroatoms. The molecule has 4 aliphatic carbocycles. The fourth-order valence-electron chi connectivity index (χ4n) is 18.8. The topological polar surface area (TPSA) is 329 Å². The van der Waals surface area contributed by atoms with Crippen molar-refractivity contribution in [1.82, 2.24) is 9.97 Å². The summed E-state index contributed by atoms with van der Waals surface area (Å²) in [7, 11) is 0. The van der Waals surface area contributed by atoms with E-state index >= 15 is 0 Å². The lowest BCUT2D eigenvalue weighted by Gasteiger charge is -2.27. The quantitative estimate of drug-likeness (QED) is 0.0221. The number of alkyl halides is 2. The summed E-state index contributed by atoms with van der Waals surface area (Å²) in [5.41, 5.74) is 29.5. The van der Waals surface area contributed by atoms with Gasteiger partial charge in [0.1, 0.15) is 67.6 Å². The standard InChI is InChI=1S/C25H19N3O.C24H20O7.C22H17BrO5.C22H18O5.C19H15BrO3.C2H4/c1-3-25-26-12-23(28-25)16-4-6-18-17(9-16)13-29-24-11-19-15(10-21(18)24)5-7-22-20(19)8-14(2)27-22;1-3-23(27)30-12-20(26)15-4-6-17-16(8-15)11-29-22-10-18-14(9-19(17)22)5-7-21(24(18)28)31-13(2)25;1-2-21(25)28-11-19(24)13-3-5-15-14(7-13)10-27-20-9-16-12(8-17(15)20)4-6-18(23)22(16)26;1-2-22(25)27-12-20(24)14-6-7-16-15(8-14)11-26-21-10-17-13(9-18(16)21)4-3-5-19(17)23;20-9-18(22)12-4-5-14-13(6-12)10-23-19-8-15-11(7-16(14)19)2-1-3-17(15)21;1-2/h3-7,9-12H,1,8,13H2,2H3,(H,26,28);3-4,6,8-10,21H,1,5,7,11-12H2,2H3;2-3,5,7-9,18H,1,4,6,10-11H2;2,6-10H,1,3-5,11-12H2;4-8H,1-3,9-10H2;1-2H2. The van der Waals surface area contributed by atoms with Gasteiger partial charge in [0, 0.05) is 122 Å². The number of hydrogen-bond acceptors (Lipinski definition) is 23. The number of aryl methyl sites for hydroxylation is 4. The van der Waals surface area contributed by atoms with E-state index in [0.717, 1.165) is 203 Å². The monoisotopic (exact) mass is 2000 g/mol. The number of aromatic nitrogens is 2. The molecule has 10 aliphatic rings. The van der Waals surface area contributed by atoms with Crippen LogP contribution in [-0.4, -0.2) is 122 Å². The van der Waals surface area contributed by atoms with Crippen molar-refractivity contribution in [2.75, 3.05) is 25.2 Å². The van der Waals surface area contributed by atoms with Gasteiger partial charge in [-0.3, -0.25) is 48.1 Å². The molecule has 0 bridgehead atoms. The molecule has 0 fully saturated rings. The van der Waals surface area contributed by atoms with Crippen LogP contribution >= 0.6 is 31.9 Å². The average Bonchev–Trinajstić information content (AvgIpc) is 1.35. The predicted octanol–water partition coefficient (Wildman–Crippen LogP) is 22.2. The lowest BCUT2D eigenvalue weighted by molar-refractivity contribution is -0.144. The number of aromatic amines is 1. The van der Waals surface area contributed by atoms with Crippen molar-refractivity contribution in [2.45, 2.75) is 128 Å². The van der Waals surface area contributed by atoms with E-state index in [-0.39, 0.29) is 77.5 Å². The number of carbonyl (C=O) groups is 12. The van der Waals surface area contributed by atoms with Gasteiger partial charge in [0.15, 0.2) is 66.4 Å². The van der Waals surface area contributed by atoms with E-state index in [9.17, 15) is 57.5 Å². The summed E-state index contributed by atoms with van der Waals surface area (Å²) in [5, 5.41) is 2.80. The van der Waals surface area contributed by atoms with E-state index in [1.165, 1.54) is 40.1 Å². The molecule has 11 aromatic carbocycles. The van der Waals surface area contributed by atoms with Gasteiger partial charge in [-0.15, -0.1) is 13.2 Å². The number of imidazole rings is 1. The van der Waals surface area contributed by atoms with Crippen LogP contribution in [0.25, 0.3) is 83.7 Å². The van der Waals surface area contributed by atoms with Crippen molar-refractivity contribution >= 4 is 130 Å². The Morgan fingerprint density at radius 3 is 1.24 bits per heavy atom. The van der Waals surface area contributed by atoms with Gasteiger partial charge in [0.2, 0.25) is 5.78 Å². The number of halogens is 2. The van der Waals surface area contributed by atoms with E-state index < -0.39 is 30.0 Å². The molecule has 0 spiro atoms. The second kappa shape index (κ2) is 41.8. The third-order valence-corrected chi connectivity index (χ3v) is 27.2. The van der Waals surface area contributed by atoms with Gasteiger partial charge in [-0.1, -0.05) is 125 Å². The summed E-state index contributed by atoms with van der Waals surface area (Å²) in [6, 6.07) is 52.4. The third-order valence-electron chi connectivity index (χ3n) is 25.8. The zero-order valence-electron chi connectivity index (χ0n) is 76.7. The van der Waals surface area contributed by atoms with Crippen molar-refractivity contribution in [3.05, 3.63) is 334 Å². The van der Waals surface area contributed by atoms with Crippen LogP contribution in [0.5, 0.6) is 28.7 Å². The van der Waals surface area contributed by atoms with Crippen LogP contribution in [0.2, 0.25) is 0 Å². The highest BCUT2D eigenvalue weighted by atomic mass is 79.9. The molecule has 22 rings (SSSR count). The normalized spacial score (nSPS) is 15.2. The van der Waals surface area contributed by atoms with E-state index in [0.29, 0.717) is 108 Å². The zero-order chi connectivity index (χ0) is 98.4. The maximum absolute atomic E-state index is 12.7. The second-order valence-electron chi connectivity index (χ2n) is 34.6. The van der Waals surface area contributed by atoms with Crippen LogP contribution in [0, 0.1) is 0 Å². The van der Waals surface area contributed by atoms with Gasteiger partial charge in [-0.25, -0.2) is 19.4 Å². The molecule has 1 aromatic heterocycles. The van der Waals surface area contributed by atoms with Gasteiger partial charge in [0.05, 0.1) is 27.7 Å². The van der Waals surface area contributed by atoms with Gasteiger partial charge in [0.25, 0.3) is 0 Å². The molecular formula is C114H93Br2N3O21. The second-order valence-corrected chi connectivity index (χ2v) is 36.2. The van der Waals surface area contributed by atoms with Crippen LogP contribution in [0.4, 0.5) is 5.69 Å². The highest BCUT2D eigenvalue weighted by Gasteiger charge is 2.36. The molecule has 0 saturated heterocycles. The van der Waals surface area contributed by atoms with Crippen molar-refractivity contribution in [3.63, 3.8) is 0 Å². The van der Waals surface area contributed by atoms with E-state index in [1.54, 1.807) is 48.5 Å². The number of nitrogens with zero attached hydrogens (tertiary/aromatic N) is 2. The summed E-state index contributed by atoms with van der Waals surface area (Å²) < 4.78 is 49.2. The molecule has 2 atom stereocenters. The highest BCUT2D eigenvalue weighted by Crippen LogP contribution is 2.49. The minimum atomic E-state index is -0.761. The fraction of sp³-hybridized carbons (Fsp3) is 0.211. The number of fused-ring (bicyclic) bond motifs is 22. The SMILES string of the molecule is C=C.C=CC(=O)OCC(=O)c1ccc2c(c1)COc1cc3c(cc1-2)CCC(Br)C3=O.C=CC(=O)OCC(=O)c1ccc2c(c1)COc1cc3c(cc1-2)CCC(OC(C)=O)C3=O.C=CC(=O)OCC(=O)c1ccc2c(c1)COc1cc3c(cc1-2)CCCC3=O.C=Cc1ncc(-c2ccc3c(c2)COc2cc4c5c(ccc4cc2-3)N=C(C)C5)[nH]1.O=C(CBr)c1ccc2c(c1)COc1cc3c(cc1-2)CCCC3=O. The average molecular weight is 2000 g/mol. The summed E-state index contributed by atoms with van der Waals surface area (Å²) in [4.78, 5) is 155. The number of carbonyl (C=O) groups excluding carboxylic acids is 12. The van der Waals surface area contributed by atoms with E-state index in [4.69, 9.17) is 42.6 Å². The van der Waals surface area contributed by atoms with Gasteiger partial charge in [-0.05, 0) is 261 Å². The highest BCUT2D eigenvalue weighted by molar-refractivity contribution is 9.10. The molecule has 0 amide bonds. The molecule has 12 aromatic rings. The van der Waals surface area contributed by atoms with Crippen molar-refractivity contribution in [3.8, 4) is 95.6 Å².